The van der Waals surface area contributed by atoms with E-state index in [1.54, 1.807) is 10.9 Å². The number of piperidine rings is 1. The maximum Gasteiger partial charge on any atom is 0.257 e. The highest BCUT2D eigenvalue weighted by atomic mass is 16.3. The van der Waals surface area contributed by atoms with Gasteiger partial charge in [-0.15, -0.1) is 0 Å². The average molecular weight is 251 g/mol. The molecule has 1 aliphatic rings. The highest BCUT2D eigenvalue weighted by Crippen LogP contribution is 2.24. The van der Waals surface area contributed by atoms with Gasteiger partial charge >= 0.3 is 0 Å². The van der Waals surface area contributed by atoms with Crippen LogP contribution < -0.4 is 0 Å². The van der Waals surface area contributed by atoms with Crippen molar-refractivity contribution >= 4 is 5.91 Å². The van der Waals surface area contributed by atoms with Gasteiger partial charge in [0.1, 0.15) is 0 Å². The Balaban J connectivity index is 2.19. The Bertz CT molecular complexity index is 441. The van der Waals surface area contributed by atoms with E-state index in [0.29, 0.717) is 12.1 Å². The van der Waals surface area contributed by atoms with Crippen molar-refractivity contribution in [3.63, 3.8) is 0 Å². The van der Waals surface area contributed by atoms with Gasteiger partial charge in [0.15, 0.2) is 0 Å². The van der Waals surface area contributed by atoms with E-state index in [4.69, 9.17) is 0 Å². The monoisotopic (exact) mass is 251 g/mol. The second kappa shape index (κ2) is 5.10. The standard InChI is InChI=1S/C13H21N3O2/c1-9-4-5-11(8-17)7-16(9)13(18)12-6-14-15(3)10(12)2/h6,9,11,17H,4-5,7-8H2,1-3H3. The molecule has 1 saturated heterocycles. The van der Waals surface area contributed by atoms with Crippen LogP contribution in [0.1, 0.15) is 35.8 Å². The van der Waals surface area contributed by atoms with E-state index in [0.717, 1.165) is 18.5 Å². The van der Waals surface area contributed by atoms with E-state index in [2.05, 4.69) is 12.0 Å². The number of rotatable bonds is 2. The fourth-order valence-electron chi connectivity index (χ4n) is 2.48. The zero-order valence-electron chi connectivity index (χ0n) is 11.3. The summed E-state index contributed by atoms with van der Waals surface area (Å²) in [5.74, 6) is 0.244. The number of aliphatic hydroxyl groups is 1. The Morgan fingerprint density at radius 1 is 1.56 bits per heavy atom. The Kier molecular flexibility index (Phi) is 3.71. The van der Waals surface area contributed by atoms with Gasteiger partial charge in [-0.2, -0.15) is 5.10 Å². The first kappa shape index (κ1) is 13.1. The third-order valence-electron chi connectivity index (χ3n) is 3.96. The molecule has 2 rings (SSSR count). The van der Waals surface area contributed by atoms with Gasteiger partial charge in [0.2, 0.25) is 0 Å². The third-order valence-corrected chi connectivity index (χ3v) is 3.96. The predicted molar refractivity (Wildman–Crippen MR) is 68.3 cm³/mol. The fraction of sp³-hybridized carbons (Fsp3) is 0.692. The molecular weight excluding hydrogens is 230 g/mol. The second-order valence-electron chi connectivity index (χ2n) is 5.20. The summed E-state index contributed by atoms with van der Waals surface area (Å²) in [6, 6.07) is 0.236. The Hall–Kier alpha value is -1.36. The summed E-state index contributed by atoms with van der Waals surface area (Å²) in [7, 11) is 1.84. The number of aryl methyl sites for hydroxylation is 1. The lowest BCUT2D eigenvalue weighted by Crippen LogP contribution is -2.46. The van der Waals surface area contributed by atoms with Gasteiger partial charge in [0.25, 0.3) is 5.91 Å². The zero-order valence-corrected chi connectivity index (χ0v) is 11.3. The smallest absolute Gasteiger partial charge is 0.257 e. The average Bonchev–Trinajstić information content (AvgIpc) is 2.70. The molecule has 2 heterocycles. The molecule has 5 nitrogen and oxygen atoms in total. The van der Waals surface area contributed by atoms with Crippen LogP contribution in [0, 0.1) is 12.8 Å². The van der Waals surface area contributed by atoms with Crippen LogP contribution in [0.4, 0.5) is 0 Å². The lowest BCUT2D eigenvalue weighted by molar-refractivity contribution is 0.0488. The van der Waals surface area contributed by atoms with E-state index >= 15 is 0 Å². The SMILES string of the molecule is Cc1c(C(=O)N2CC(CO)CCC2C)cnn1C. The molecule has 0 spiro atoms. The van der Waals surface area contributed by atoms with E-state index in [1.165, 1.54) is 0 Å². The molecule has 2 unspecified atom stereocenters. The third kappa shape index (κ3) is 2.27. The first-order chi connectivity index (χ1) is 8.54. The minimum Gasteiger partial charge on any atom is -0.396 e. The van der Waals surface area contributed by atoms with Crippen molar-refractivity contribution in [1.82, 2.24) is 14.7 Å². The molecule has 100 valence electrons. The van der Waals surface area contributed by atoms with Gasteiger partial charge in [0.05, 0.1) is 11.8 Å². The zero-order chi connectivity index (χ0) is 13.3. The summed E-state index contributed by atoms with van der Waals surface area (Å²) >= 11 is 0. The van der Waals surface area contributed by atoms with Crippen molar-refractivity contribution in [2.24, 2.45) is 13.0 Å². The number of aromatic nitrogens is 2. The number of amides is 1. The number of nitrogens with zero attached hydrogens (tertiary/aromatic N) is 3. The summed E-state index contributed by atoms with van der Waals surface area (Å²) in [6.07, 6.45) is 3.58. The van der Waals surface area contributed by atoms with E-state index < -0.39 is 0 Å². The van der Waals surface area contributed by atoms with Crippen LogP contribution in [0.2, 0.25) is 0 Å². The summed E-state index contributed by atoms with van der Waals surface area (Å²) in [5, 5.41) is 13.4. The van der Waals surface area contributed by atoms with Gasteiger partial charge in [-0.05, 0) is 32.6 Å². The molecule has 1 aromatic rings. The molecule has 0 bridgehead atoms. The number of hydrogen-bond donors (Lipinski definition) is 1. The summed E-state index contributed by atoms with van der Waals surface area (Å²) in [6.45, 7) is 4.77. The predicted octanol–water partition coefficient (Wildman–Crippen LogP) is 0.962. The van der Waals surface area contributed by atoms with Gasteiger partial charge in [-0.1, -0.05) is 0 Å². The van der Waals surface area contributed by atoms with Crippen molar-refractivity contribution in [3.8, 4) is 0 Å². The molecule has 5 heteroatoms. The largest absolute Gasteiger partial charge is 0.396 e. The molecule has 1 fully saturated rings. The molecule has 0 aromatic carbocycles. The highest BCUT2D eigenvalue weighted by molar-refractivity contribution is 5.95. The second-order valence-corrected chi connectivity index (χ2v) is 5.20. The van der Waals surface area contributed by atoms with Crippen LogP contribution in [0.3, 0.4) is 0 Å². The van der Waals surface area contributed by atoms with Crippen LogP contribution in [-0.4, -0.2) is 44.9 Å². The van der Waals surface area contributed by atoms with Gasteiger partial charge in [-0.25, -0.2) is 0 Å². The number of hydrogen-bond acceptors (Lipinski definition) is 3. The Morgan fingerprint density at radius 2 is 2.28 bits per heavy atom. The summed E-state index contributed by atoms with van der Waals surface area (Å²) in [5.41, 5.74) is 1.56. The number of likely N-dealkylation sites (tertiary alicyclic amines) is 1. The van der Waals surface area contributed by atoms with E-state index in [9.17, 15) is 9.90 Å². The molecule has 0 aliphatic carbocycles. The van der Waals surface area contributed by atoms with Crippen molar-refractivity contribution in [1.29, 1.82) is 0 Å². The van der Waals surface area contributed by atoms with E-state index in [-0.39, 0.29) is 24.5 Å². The lowest BCUT2D eigenvalue weighted by Gasteiger charge is -2.37. The Labute approximate surface area is 107 Å². The molecule has 1 aliphatic heterocycles. The van der Waals surface area contributed by atoms with Crippen molar-refractivity contribution in [2.45, 2.75) is 32.7 Å². The molecule has 0 radical (unpaired) electrons. The Morgan fingerprint density at radius 3 is 2.83 bits per heavy atom. The van der Waals surface area contributed by atoms with Gasteiger partial charge in [0, 0.05) is 31.9 Å². The quantitative estimate of drug-likeness (QED) is 0.851. The first-order valence-corrected chi connectivity index (χ1v) is 6.45. The van der Waals surface area contributed by atoms with Gasteiger partial charge < -0.3 is 10.0 Å². The summed E-state index contributed by atoms with van der Waals surface area (Å²) in [4.78, 5) is 14.4. The molecule has 1 aromatic heterocycles. The maximum atomic E-state index is 12.5. The highest BCUT2D eigenvalue weighted by Gasteiger charge is 2.30. The number of carbonyl (C=O) groups is 1. The van der Waals surface area contributed by atoms with E-state index in [1.807, 2.05) is 18.9 Å². The minimum absolute atomic E-state index is 0.0336. The minimum atomic E-state index is 0.0336. The first-order valence-electron chi connectivity index (χ1n) is 6.45. The lowest BCUT2D eigenvalue weighted by atomic mass is 9.93. The van der Waals surface area contributed by atoms with Crippen molar-refractivity contribution in [2.75, 3.05) is 13.2 Å². The van der Waals surface area contributed by atoms with Crippen LogP contribution in [0.5, 0.6) is 0 Å². The number of carbonyl (C=O) groups excluding carboxylic acids is 1. The normalized spacial score (nSPS) is 24.3. The van der Waals surface area contributed by atoms with Crippen LogP contribution in [0.25, 0.3) is 0 Å². The molecule has 2 atom stereocenters. The van der Waals surface area contributed by atoms with Crippen LogP contribution in [-0.2, 0) is 7.05 Å². The van der Waals surface area contributed by atoms with Crippen LogP contribution >= 0.6 is 0 Å². The van der Waals surface area contributed by atoms with Crippen molar-refractivity contribution < 1.29 is 9.90 Å². The number of aliphatic hydroxyl groups excluding tert-OH is 1. The van der Waals surface area contributed by atoms with Crippen molar-refractivity contribution in [3.05, 3.63) is 17.5 Å². The summed E-state index contributed by atoms with van der Waals surface area (Å²) < 4.78 is 1.71. The molecule has 1 amide bonds. The molecule has 18 heavy (non-hydrogen) atoms. The molecule has 1 N–H and O–H groups in total. The topological polar surface area (TPSA) is 58.4 Å². The maximum absolute atomic E-state index is 12.5. The van der Waals surface area contributed by atoms with Gasteiger partial charge in [-0.3, -0.25) is 9.48 Å². The van der Waals surface area contributed by atoms with Crippen LogP contribution in [0.15, 0.2) is 6.20 Å². The molecular formula is C13H21N3O2. The molecule has 0 saturated carbocycles. The fourth-order valence-corrected chi connectivity index (χ4v) is 2.48.